The summed E-state index contributed by atoms with van der Waals surface area (Å²) in [6.07, 6.45) is 2.53. The topological polar surface area (TPSA) is 29.1 Å². The van der Waals surface area contributed by atoms with E-state index >= 15 is 0 Å². The van der Waals surface area contributed by atoms with Crippen molar-refractivity contribution in [3.8, 4) is 0 Å². The van der Waals surface area contributed by atoms with Crippen molar-refractivity contribution in [3.63, 3.8) is 0 Å². The Morgan fingerprint density at radius 3 is 2.19 bits per heavy atom. The molecule has 0 fully saturated rings. The number of hydrogen-bond donors (Lipinski definition) is 1. The highest BCUT2D eigenvalue weighted by Crippen LogP contribution is 2.18. The Kier molecular flexibility index (Phi) is 5.33. The van der Waals surface area contributed by atoms with Crippen molar-refractivity contribution >= 4 is 11.5 Å². The molecule has 0 saturated heterocycles. The predicted molar refractivity (Wildman–Crippen MR) is 87.7 cm³/mol. The fourth-order valence-corrected chi connectivity index (χ4v) is 2.28. The zero-order valence-electron chi connectivity index (χ0n) is 12.5. The second kappa shape index (κ2) is 7.44. The van der Waals surface area contributed by atoms with E-state index in [4.69, 9.17) is 0 Å². The number of rotatable bonds is 5. The van der Waals surface area contributed by atoms with Crippen LogP contribution >= 0.6 is 0 Å². The zero-order chi connectivity index (χ0) is 15.1. The van der Waals surface area contributed by atoms with Gasteiger partial charge in [-0.25, -0.2) is 0 Å². The SMILES string of the molecule is CC/C(=C\C(=O)N[C@@H](C)c1ccccc1)c1ccccc1. The normalized spacial score (nSPS) is 12.8. The molecule has 0 saturated carbocycles. The van der Waals surface area contributed by atoms with E-state index in [9.17, 15) is 4.79 Å². The fraction of sp³-hybridized carbons (Fsp3) is 0.211. The fourth-order valence-electron chi connectivity index (χ4n) is 2.28. The van der Waals surface area contributed by atoms with Crippen LogP contribution in [-0.4, -0.2) is 5.91 Å². The molecule has 1 N–H and O–H groups in total. The van der Waals surface area contributed by atoms with E-state index in [2.05, 4.69) is 12.2 Å². The highest BCUT2D eigenvalue weighted by atomic mass is 16.1. The average molecular weight is 279 g/mol. The van der Waals surface area contributed by atoms with Gasteiger partial charge in [0.2, 0.25) is 5.91 Å². The summed E-state index contributed by atoms with van der Waals surface area (Å²) in [4.78, 5) is 12.2. The number of amides is 1. The van der Waals surface area contributed by atoms with Crippen LogP contribution in [0.2, 0.25) is 0 Å². The Morgan fingerprint density at radius 2 is 1.62 bits per heavy atom. The van der Waals surface area contributed by atoms with Crippen molar-refractivity contribution in [1.82, 2.24) is 5.32 Å². The number of carbonyl (C=O) groups excluding carboxylic acids is 1. The van der Waals surface area contributed by atoms with Crippen LogP contribution in [0.3, 0.4) is 0 Å². The van der Waals surface area contributed by atoms with Gasteiger partial charge in [-0.1, -0.05) is 67.6 Å². The predicted octanol–water partition coefficient (Wildman–Crippen LogP) is 4.36. The Hall–Kier alpha value is -2.35. The summed E-state index contributed by atoms with van der Waals surface area (Å²) in [5.41, 5.74) is 3.26. The van der Waals surface area contributed by atoms with E-state index in [1.165, 1.54) is 0 Å². The Morgan fingerprint density at radius 1 is 1.05 bits per heavy atom. The molecule has 0 aromatic heterocycles. The van der Waals surface area contributed by atoms with Gasteiger partial charge in [0.25, 0.3) is 0 Å². The lowest BCUT2D eigenvalue weighted by atomic mass is 10.0. The van der Waals surface area contributed by atoms with Crippen molar-refractivity contribution < 1.29 is 4.79 Å². The standard InChI is InChI=1S/C19H21NO/c1-3-16(18-12-8-5-9-13-18)14-19(21)20-15(2)17-10-6-4-7-11-17/h4-15H,3H2,1-2H3,(H,20,21)/b16-14+/t15-/m0/s1. The van der Waals surface area contributed by atoms with Crippen LogP contribution in [0.4, 0.5) is 0 Å². The number of carbonyl (C=O) groups is 1. The van der Waals surface area contributed by atoms with Crippen LogP contribution in [0, 0.1) is 0 Å². The molecule has 2 aromatic rings. The van der Waals surface area contributed by atoms with Gasteiger partial charge in [-0.3, -0.25) is 4.79 Å². The summed E-state index contributed by atoms with van der Waals surface area (Å²) in [6, 6.07) is 20.0. The van der Waals surface area contributed by atoms with Crippen molar-refractivity contribution in [3.05, 3.63) is 77.9 Å². The molecule has 2 aromatic carbocycles. The Bertz CT molecular complexity index is 602. The largest absolute Gasteiger partial charge is 0.346 e. The minimum Gasteiger partial charge on any atom is -0.346 e. The van der Waals surface area contributed by atoms with E-state index in [1.807, 2.05) is 67.6 Å². The first-order valence-electron chi connectivity index (χ1n) is 7.32. The van der Waals surface area contributed by atoms with Gasteiger partial charge in [0.15, 0.2) is 0 Å². The molecule has 2 rings (SSSR count). The van der Waals surface area contributed by atoms with E-state index in [1.54, 1.807) is 6.08 Å². The Labute approximate surface area is 126 Å². The molecule has 0 aliphatic heterocycles. The molecule has 2 heteroatoms. The van der Waals surface area contributed by atoms with Gasteiger partial charge in [-0.05, 0) is 30.0 Å². The monoisotopic (exact) mass is 279 g/mol. The van der Waals surface area contributed by atoms with Crippen LogP contribution in [0.1, 0.15) is 37.4 Å². The molecule has 0 bridgehead atoms. The van der Waals surface area contributed by atoms with Gasteiger partial charge in [-0.2, -0.15) is 0 Å². The van der Waals surface area contributed by atoms with Crippen LogP contribution in [0.5, 0.6) is 0 Å². The van der Waals surface area contributed by atoms with Crippen LogP contribution in [0.15, 0.2) is 66.7 Å². The van der Waals surface area contributed by atoms with Gasteiger partial charge in [-0.15, -0.1) is 0 Å². The molecule has 0 heterocycles. The number of hydrogen-bond acceptors (Lipinski definition) is 1. The van der Waals surface area contributed by atoms with Gasteiger partial charge in [0.1, 0.15) is 0 Å². The summed E-state index contributed by atoms with van der Waals surface area (Å²) < 4.78 is 0. The van der Waals surface area contributed by atoms with Crippen LogP contribution in [0.25, 0.3) is 5.57 Å². The van der Waals surface area contributed by atoms with E-state index in [0.29, 0.717) is 0 Å². The van der Waals surface area contributed by atoms with Crippen molar-refractivity contribution in [2.45, 2.75) is 26.3 Å². The maximum atomic E-state index is 12.2. The van der Waals surface area contributed by atoms with Crippen molar-refractivity contribution in [2.24, 2.45) is 0 Å². The van der Waals surface area contributed by atoms with Gasteiger partial charge in [0, 0.05) is 6.08 Å². The molecule has 21 heavy (non-hydrogen) atoms. The molecule has 0 aliphatic carbocycles. The maximum absolute atomic E-state index is 12.2. The molecule has 0 radical (unpaired) electrons. The number of benzene rings is 2. The lowest BCUT2D eigenvalue weighted by Crippen LogP contribution is -2.24. The lowest BCUT2D eigenvalue weighted by Gasteiger charge is -2.13. The van der Waals surface area contributed by atoms with Crippen molar-refractivity contribution in [2.75, 3.05) is 0 Å². The minimum atomic E-state index is -0.0490. The Balaban J connectivity index is 2.08. The van der Waals surface area contributed by atoms with Gasteiger partial charge >= 0.3 is 0 Å². The minimum absolute atomic E-state index is 0.00355. The highest BCUT2D eigenvalue weighted by Gasteiger charge is 2.08. The summed E-state index contributed by atoms with van der Waals surface area (Å²) in [6.45, 7) is 4.06. The quantitative estimate of drug-likeness (QED) is 0.810. The summed E-state index contributed by atoms with van der Waals surface area (Å²) in [5, 5.41) is 3.02. The molecule has 108 valence electrons. The molecule has 0 unspecified atom stereocenters. The molecular formula is C19H21NO. The molecule has 1 atom stereocenters. The smallest absolute Gasteiger partial charge is 0.244 e. The second-order valence-corrected chi connectivity index (χ2v) is 5.03. The number of allylic oxidation sites excluding steroid dienone is 1. The summed E-state index contributed by atoms with van der Waals surface area (Å²) in [5.74, 6) is -0.0490. The van der Waals surface area contributed by atoms with Crippen LogP contribution < -0.4 is 5.32 Å². The van der Waals surface area contributed by atoms with E-state index in [0.717, 1.165) is 23.1 Å². The second-order valence-electron chi connectivity index (χ2n) is 5.03. The lowest BCUT2D eigenvalue weighted by molar-refractivity contribution is -0.117. The van der Waals surface area contributed by atoms with E-state index in [-0.39, 0.29) is 11.9 Å². The molecule has 0 spiro atoms. The molecule has 1 amide bonds. The molecule has 0 aliphatic rings. The maximum Gasteiger partial charge on any atom is 0.244 e. The van der Waals surface area contributed by atoms with E-state index < -0.39 is 0 Å². The third kappa shape index (κ3) is 4.32. The summed E-state index contributed by atoms with van der Waals surface area (Å²) in [7, 11) is 0. The average Bonchev–Trinajstić information content (AvgIpc) is 2.54. The first-order valence-corrected chi connectivity index (χ1v) is 7.32. The highest BCUT2D eigenvalue weighted by molar-refractivity contribution is 5.95. The summed E-state index contributed by atoms with van der Waals surface area (Å²) >= 11 is 0. The first kappa shape index (κ1) is 15.0. The zero-order valence-corrected chi connectivity index (χ0v) is 12.5. The molecular weight excluding hydrogens is 258 g/mol. The first-order chi connectivity index (χ1) is 10.2. The third-order valence-corrected chi connectivity index (χ3v) is 3.49. The van der Waals surface area contributed by atoms with Gasteiger partial charge in [0.05, 0.1) is 6.04 Å². The molecule has 2 nitrogen and oxygen atoms in total. The number of nitrogens with one attached hydrogen (secondary N) is 1. The third-order valence-electron chi connectivity index (χ3n) is 3.49. The van der Waals surface area contributed by atoms with Crippen molar-refractivity contribution in [1.29, 1.82) is 0 Å². The van der Waals surface area contributed by atoms with Gasteiger partial charge < -0.3 is 5.32 Å². The van der Waals surface area contributed by atoms with Crippen LogP contribution in [-0.2, 0) is 4.79 Å².